The second-order valence-electron chi connectivity index (χ2n) is 3.93. The third-order valence-corrected chi connectivity index (χ3v) is 2.60. The monoisotopic (exact) mass is 273 g/mol. The van der Waals surface area contributed by atoms with Crippen molar-refractivity contribution in [3.63, 3.8) is 0 Å². The molecule has 0 aliphatic carbocycles. The molecule has 2 aromatic rings. The Bertz CT molecular complexity index is 613. The summed E-state index contributed by atoms with van der Waals surface area (Å²) in [5.41, 5.74) is 9.37. The van der Waals surface area contributed by atoms with Gasteiger partial charge in [0.05, 0.1) is 18.0 Å². The molecule has 1 amide bonds. The van der Waals surface area contributed by atoms with E-state index in [0.29, 0.717) is 18.2 Å². The van der Waals surface area contributed by atoms with Crippen LogP contribution in [-0.4, -0.2) is 22.5 Å². The number of carbonyl (C=O) groups excluding carboxylic acids is 1. The van der Waals surface area contributed by atoms with E-state index in [9.17, 15) is 4.79 Å². The standard InChI is InChI=1S/C13H15N5O2/c1-2-20-11-6-3-8(7-16-11)10-5-4-9(14)12(17-10)13(19)18-15/h3-7H,2,14-15H2,1H3,(H,18,19). The molecule has 0 unspecified atom stereocenters. The minimum atomic E-state index is -0.539. The Morgan fingerprint density at radius 3 is 2.75 bits per heavy atom. The number of rotatable bonds is 4. The van der Waals surface area contributed by atoms with Gasteiger partial charge in [0, 0.05) is 17.8 Å². The molecule has 0 saturated heterocycles. The van der Waals surface area contributed by atoms with E-state index in [1.807, 2.05) is 12.3 Å². The van der Waals surface area contributed by atoms with Crippen molar-refractivity contribution in [2.75, 3.05) is 12.3 Å². The van der Waals surface area contributed by atoms with Crippen molar-refractivity contribution in [1.29, 1.82) is 0 Å². The topological polar surface area (TPSA) is 116 Å². The number of ether oxygens (including phenoxy) is 1. The van der Waals surface area contributed by atoms with Gasteiger partial charge in [-0.3, -0.25) is 10.2 Å². The molecule has 20 heavy (non-hydrogen) atoms. The molecule has 0 saturated carbocycles. The first kappa shape index (κ1) is 13.8. The van der Waals surface area contributed by atoms with Gasteiger partial charge in [-0.25, -0.2) is 15.8 Å². The van der Waals surface area contributed by atoms with Gasteiger partial charge in [-0.2, -0.15) is 0 Å². The average Bonchev–Trinajstić information content (AvgIpc) is 2.48. The molecule has 2 heterocycles. The number of hydrogen-bond acceptors (Lipinski definition) is 6. The summed E-state index contributed by atoms with van der Waals surface area (Å²) in [6.45, 7) is 2.43. The van der Waals surface area contributed by atoms with Crippen LogP contribution in [0.25, 0.3) is 11.3 Å². The number of amides is 1. The van der Waals surface area contributed by atoms with Crippen LogP contribution in [0.5, 0.6) is 5.88 Å². The maximum absolute atomic E-state index is 11.5. The fourth-order valence-electron chi connectivity index (χ4n) is 1.65. The first-order valence-electron chi connectivity index (χ1n) is 6.02. The molecule has 7 heteroatoms. The van der Waals surface area contributed by atoms with Crippen LogP contribution in [0.15, 0.2) is 30.5 Å². The molecule has 0 atom stereocenters. The van der Waals surface area contributed by atoms with E-state index in [4.69, 9.17) is 16.3 Å². The van der Waals surface area contributed by atoms with E-state index in [0.717, 1.165) is 5.56 Å². The summed E-state index contributed by atoms with van der Waals surface area (Å²) in [5.74, 6) is 5.09. The average molecular weight is 273 g/mol. The number of anilines is 1. The van der Waals surface area contributed by atoms with E-state index in [2.05, 4.69) is 9.97 Å². The summed E-state index contributed by atoms with van der Waals surface area (Å²) >= 11 is 0. The van der Waals surface area contributed by atoms with Gasteiger partial charge in [-0.05, 0) is 25.1 Å². The summed E-state index contributed by atoms with van der Waals surface area (Å²) in [6.07, 6.45) is 1.62. The van der Waals surface area contributed by atoms with E-state index in [-0.39, 0.29) is 11.4 Å². The molecule has 2 aromatic heterocycles. The van der Waals surface area contributed by atoms with E-state index in [1.54, 1.807) is 30.5 Å². The molecule has 0 aliphatic rings. The molecule has 0 radical (unpaired) electrons. The van der Waals surface area contributed by atoms with Gasteiger partial charge in [-0.15, -0.1) is 0 Å². The van der Waals surface area contributed by atoms with Crippen LogP contribution in [0, 0.1) is 0 Å². The number of hydrazine groups is 1. The smallest absolute Gasteiger partial charge is 0.285 e. The van der Waals surface area contributed by atoms with Crippen LogP contribution < -0.4 is 21.7 Å². The summed E-state index contributed by atoms with van der Waals surface area (Å²) in [7, 11) is 0. The highest BCUT2D eigenvalue weighted by Crippen LogP contribution is 2.21. The third kappa shape index (κ3) is 2.83. The van der Waals surface area contributed by atoms with E-state index < -0.39 is 5.91 Å². The van der Waals surface area contributed by atoms with Gasteiger partial charge in [0.25, 0.3) is 5.91 Å². The quantitative estimate of drug-likeness (QED) is 0.429. The minimum Gasteiger partial charge on any atom is -0.478 e. The van der Waals surface area contributed by atoms with Gasteiger partial charge in [0.15, 0.2) is 5.69 Å². The van der Waals surface area contributed by atoms with Crippen molar-refractivity contribution in [3.05, 3.63) is 36.2 Å². The maximum Gasteiger partial charge on any atom is 0.285 e. The van der Waals surface area contributed by atoms with Crippen LogP contribution in [0.4, 0.5) is 5.69 Å². The van der Waals surface area contributed by atoms with Crippen molar-refractivity contribution in [2.45, 2.75) is 6.92 Å². The lowest BCUT2D eigenvalue weighted by atomic mass is 10.1. The molecule has 104 valence electrons. The molecule has 0 bridgehead atoms. The molecule has 7 nitrogen and oxygen atoms in total. The number of carbonyl (C=O) groups is 1. The number of nitrogens with two attached hydrogens (primary N) is 2. The Morgan fingerprint density at radius 1 is 1.35 bits per heavy atom. The fourth-order valence-corrected chi connectivity index (χ4v) is 1.65. The van der Waals surface area contributed by atoms with Gasteiger partial charge in [0.2, 0.25) is 5.88 Å². The largest absolute Gasteiger partial charge is 0.478 e. The lowest BCUT2D eigenvalue weighted by Gasteiger charge is -2.07. The number of nitrogens with zero attached hydrogens (tertiary/aromatic N) is 2. The lowest BCUT2D eigenvalue weighted by molar-refractivity contribution is 0.0950. The van der Waals surface area contributed by atoms with Crippen molar-refractivity contribution < 1.29 is 9.53 Å². The highest BCUT2D eigenvalue weighted by Gasteiger charge is 2.12. The first-order valence-corrected chi connectivity index (χ1v) is 6.02. The van der Waals surface area contributed by atoms with E-state index >= 15 is 0 Å². The lowest BCUT2D eigenvalue weighted by Crippen LogP contribution is -2.31. The number of aromatic nitrogens is 2. The highest BCUT2D eigenvalue weighted by atomic mass is 16.5. The van der Waals surface area contributed by atoms with Crippen LogP contribution >= 0.6 is 0 Å². The zero-order valence-corrected chi connectivity index (χ0v) is 11.0. The molecule has 0 fully saturated rings. The highest BCUT2D eigenvalue weighted by molar-refractivity contribution is 5.97. The normalized spacial score (nSPS) is 10.1. The number of pyridine rings is 2. The summed E-state index contributed by atoms with van der Waals surface area (Å²) in [4.78, 5) is 19.9. The Labute approximate surface area is 115 Å². The first-order chi connectivity index (χ1) is 9.65. The van der Waals surface area contributed by atoms with E-state index in [1.165, 1.54) is 0 Å². The fraction of sp³-hybridized carbons (Fsp3) is 0.154. The second-order valence-corrected chi connectivity index (χ2v) is 3.93. The van der Waals surface area contributed by atoms with Crippen LogP contribution in [0.1, 0.15) is 17.4 Å². The SMILES string of the molecule is CCOc1ccc(-c2ccc(N)c(C(=O)NN)n2)cn1. The molecule has 5 N–H and O–H groups in total. The second kappa shape index (κ2) is 5.98. The molecular weight excluding hydrogens is 258 g/mol. The molecule has 0 aromatic carbocycles. The molecular formula is C13H15N5O2. The Kier molecular flexibility index (Phi) is 4.11. The predicted molar refractivity (Wildman–Crippen MR) is 74.7 cm³/mol. The Morgan fingerprint density at radius 2 is 2.15 bits per heavy atom. The number of nitrogen functional groups attached to an aromatic ring is 2. The van der Waals surface area contributed by atoms with Gasteiger partial charge in [0.1, 0.15) is 0 Å². The van der Waals surface area contributed by atoms with Crippen molar-refractivity contribution in [3.8, 4) is 17.1 Å². The zero-order chi connectivity index (χ0) is 14.5. The number of hydrogen-bond donors (Lipinski definition) is 3. The minimum absolute atomic E-state index is 0.0823. The van der Waals surface area contributed by atoms with Crippen LogP contribution in [0.3, 0.4) is 0 Å². The summed E-state index contributed by atoms with van der Waals surface area (Å²) in [6, 6.07) is 6.85. The van der Waals surface area contributed by atoms with Crippen molar-refractivity contribution in [2.24, 2.45) is 5.84 Å². The van der Waals surface area contributed by atoms with Gasteiger partial charge >= 0.3 is 0 Å². The summed E-state index contributed by atoms with van der Waals surface area (Å²) < 4.78 is 5.26. The molecule has 0 spiro atoms. The molecule has 2 rings (SSSR count). The van der Waals surface area contributed by atoms with Crippen LogP contribution in [-0.2, 0) is 0 Å². The Balaban J connectivity index is 2.35. The predicted octanol–water partition coefficient (Wildman–Crippen LogP) is 0.728. The maximum atomic E-state index is 11.5. The molecule has 0 aliphatic heterocycles. The third-order valence-electron chi connectivity index (χ3n) is 2.60. The zero-order valence-electron chi connectivity index (χ0n) is 11.0. The Hall–Kier alpha value is -2.67. The number of nitrogens with one attached hydrogen (secondary N) is 1. The van der Waals surface area contributed by atoms with Gasteiger partial charge < -0.3 is 10.5 Å². The summed E-state index contributed by atoms with van der Waals surface area (Å²) in [5, 5.41) is 0. The van der Waals surface area contributed by atoms with Gasteiger partial charge in [-0.1, -0.05) is 0 Å². The van der Waals surface area contributed by atoms with Crippen molar-refractivity contribution >= 4 is 11.6 Å². The van der Waals surface area contributed by atoms with Crippen molar-refractivity contribution in [1.82, 2.24) is 15.4 Å². The van der Waals surface area contributed by atoms with Crippen LogP contribution in [0.2, 0.25) is 0 Å².